The molecular formula is C12H24N2O2S. The number of ether oxygens (including phenoxy) is 2. The highest BCUT2D eigenvalue weighted by atomic mass is 32.2. The van der Waals surface area contributed by atoms with Crippen LogP contribution in [0.3, 0.4) is 0 Å². The Morgan fingerprint density at radius 2 is 1.71 bits per heavy atom. The van der Waals surface area contributed by atoms with Gasteiger partial charge < -0.3 is 15.2 Å². The lowest BCUT2D eigenvalue weighted by Gasteiger charge is -2.43. The van der Waals surface area contributed by atoms with Crippen LogP contribution >= 0.6 is 11.8 Å². The zero-order chi connectivity index (χ0) is 12.3. The zero-order valence-electron chi connectivity index (χ0n) is 10.9. The molecule has 2 N–H and O–H groups in total. The van der Waals surface area contributed by atoms with Crippen molar-refractivity contribution < 1.29 is 9.47 Å². The maximum Gasteiger partial charge on any atom is 0.0972 e. The first-order valence-electron chi connectivity index (χ1n) is 6.34. The Kier molecular flexibility index (Phi) is 4.72. The van der Waals surface area contributed by atoms with E-state index >= 15 is 0 Å². The van der Waals surface area contributed by atoms with Gasteiger partial charge in [0, 0.05) is 39.4 Å². The molecule has 0 aromatic heterocycles. The van der Waals surface area contributed by atoms with Crippen molar-refractivity contribution in [3.63, 3.8) is 0 Å². The van der Waals surface area contributed by atoms with Crippen LogP contribution < -0.4 is 5.73 Å². The van der Waals surface area contributed by atoms with Crippen molar-refractivity contribution in [2.24, 2.45) is 5.73 Å². The number of likely N-dealkylation sites (tertiary alicyclic amines) is 1. The van der Waals surface area contributed by atoms with Gasteiger partial charge in [-0.05, 0) is 24.3 Å². The lowest BCUT2D eigenvalue weighted by atomic mass is 9.90. The van der Waals surface area contributed by atoms with Crippen LogP contribution in [0.2, 0.25) is 0 Å². The molecule has 100 valence electrons. The van der Waals surface area contributed by atoms with Gasteiger partial charge in [-0.1, -0.05) is 0 Å². The number of methoxy groups -OCH3 is 2. The highest BCUT2D eigenvalue weighted by Crippen LogP contribution is 2.35. The molecule has 0 spiro atoms. The molecule has 2 atom stereocenters. The molecule has 2 aliphatic rings. The summed E-state index contributed by atoms with van der Waals surface area (Å²) in [7, 11) is 3.54. The van der Waals surface area contributed by atoms with E-state index in [1.165, 1.54) is 24.3 Å². The molecule has 2 aliphatic heterocycles. The first-order valence-corrected chi connectivity index (χ1v) is 7.49. The van der Waals surface area contributed by atoms with Crippen molar-refractivity contribution in [1.29, 1.82) is 0 Å². The maximum absolute atomic E-state index is 6.06. The predicted octanol–water partition coefficient (Wildman–Crippen LogP) is 0.557. The fourth-order valence-electron chi connectivity index (χ4n) is 2.98. The Labute approximate surface area is 108 Å². The number of nitrogens with zero attached hydrogens (tertiary/aromatic N) is 1. The molecule has 2 rings (SSSR count). The van der Waals surface area contributed by atoms with E-state index < -0.39 is 0 Å². The predicted molar refractivity (Wildman–Crippen MR) is 71.5 cm³/mol. The highest BCUT2D eigenvalue weighted by molar-refractivity contribution is 7.99. The molecule has 0 radical (unpaired) electrons. The van der Waals surface area contributed by atoms with Gasteiger partial charge in [-0.15, -0.1) is 0 Å². The summed E-state index contributed by atoms with van der Waals surface area (Å²) in [4.78, 5) is 2.51. The number of hydrogen-bond donors (Lipinski definition) is 1. The van der Waals surface area contributed by atoms with E-state index in [9.17, 15) is 0 Å². The Morgan fingerprint density at radius 1 is 1.18 bits per heavy atom. The maximum atomic E-state index is 6.06. The SMILES string of the molecule is COC1CN(C2(CN)CCSCC2)CC1OC. The Bertz CT molecular complexity index is 235. The van der Waals surface area contributed by atoms with E-state index in [0.29, 0.717) is 0 Å². The molecule has 17 heavy (non-hydrogen) atoms. The summed E-state index contributed by atoms with van der Waals surface area (Å²) in [6.45, 7) is 2.66. The van der Waals surface area contributed by atoms with Crippen LogP contribution in [0.4, 0.5) is 0 Å². The Hall–Kier alpha value is 0.190. The number of hydrogen-bond acceptors (Lipinski definition) is 5. The molecule has 0 aromatic rings. The van der Waals surface area contributed by atoms with Crippen LogP contribution in [0, 0.1) is 0 Å². The monoisotopic (exact) mass is 260 g/mol. The van der Waals surface area contributed by atoms with Gasteiger partial charge in [-0.3, -0.25) is 4.90 Å². The minimum Gasteiger partial charge on any atom is -0.377 e. The van der Waals surface area contributed by atoms with E-state index in [4.69, 9.17) is 15.2 Å². The summed E-state index contributed by atoms with van der Waals surface area (Å²) >= 11 is 2.04. The van der Waals surface area contributed by atoms with Crippen molar-refractivity contribution >= 4 is 11.8 Å². The van der Waals surface area contributed by atoms with E-state index in [1.54, 1.807) is 14.2 Å². The second-order valence-corrected chi connectivity index (χ2v) is 6.22. The quantitative estimate of drug-likeness (QED) is 0.800. The molecule has 0 saturated carbocycles. The molecule has 2 fully saturated rings. The van der Waals surface area contributed by atoms with Crippen molar-refractivity contribution in [2.45, 2.75) is 30.6 Å². The van der Waals surface area contributed by atoms with Crippen molar-refractivity contribution in [3.8, 4) is 0 Å². The molecule has 0 amide bonds. The molecule has 0 aliphatic carbocycles. The summed E-state index contributed by atoms with van der Waals surface area (Å²) in [6, 6.07) is 0. The fraction of sp³-hybridized carbons (Fsp3) is 1.00. The largest absolute Gasteiger partial charge is 0.377 e. The van der Waals surface area contributed by atoms with Crippen LogP contribution in [0.5, 0.6) is 0 Å². The highest BCUT2D eigenvalue weighted by Gasteiger charge is 2.44. The molecule has 4 nitrogen and oxygen atoms in total. The lowest BCUT2D eigenvalue weighted by Crippen LogP contribution is -2.55. The molecule has 2 heterocycles. The van der Waals surface area contributed by atoms with Gasteiger partial charge in [0.05, 0.1) is 12.2 Å². The van der Waals surface area contributed by atoms with E-state index in [1.807, 2.05) is 11.8 Å². The summed E-state index contributed by atoms with van der Waals surface area (Å²) in [6.07, 6.45) is 2.78. The van der Waals surface area contributed by atoms with Gasteiger partial charge in [0.1, 0.15) is 0 Å². The average Bonchev–Trinajstić information content (AvgIpc) is 2.83. The number of thioether (sulfide) groups is 1. The summed E-state index contributed by atoms with van der Waals surface area (Å²) in [5, 5.41) is 0. The first kappa shape index (κ1) is 13.6. The van der Waals surface area contributed by atoms with Crippen LogP contribution in [-0.2, 0) is 9.47 Å². The van der Waals surface area contributed by atoms with Gasteiger partial charge in [0.15, 0.2) is 0 Å². The lowest BCUT2D eigenvalue weighted by molar-refractivity contribution is -0.00461. The summed E-state index contributed by atoms with van der Waals surface area (Å²) < 4.78 is 11.0. The average molecular weight is 260 g/mol. The van der Waals surface area contributed by atoms with Crippen LogP contribution in [-0.4, -0.2) is 68.0 Å². The second kappa shape index (κ2) is 5.89. The van der Waals surface area contributed by atoms with Crippen molar-refractivity contribution in [3.05, 3.63) is 0 Å². The van der Waals surface area contributed by atoms with E-state index in [0.717, 1.165) is 19.6 Å². The summed E-state index contributed by atoms with van der Waals surface area (Å²) in [5.74, 6) is 2.45. The fourth-order valence-corrected chi connectivity index (χ4v) is 4.24. The zero-order valence-corrected chi connectivity index (χ0v) is 11.7. The summed E-state index contributed by atoms with van der Waals surface area (Å²) in [5.41, 5.74) is 6.25. The Morgan fingerprint density at radius 3 is 2.12 bits per heavy atom. The van der Waals surface area contributed by atoms with Crippen LogP contribution in [0.1, 0.15) is 12.8 Å². The van der Waals surface area contributed by atoms with E-state index in [-0.39, 0.29) is 17.7 Å². The minimum absolute atomic E-state index is 0.190. The second-order valence-electron chi connectivity index (χ2n) is 4.99. The third-order valence-corrected chi connectivity index (χ3v) is 5.28. The first-order chi connectivity index (χ1) is 8.25. The van der Waals surface area contributed by atoms with Gasteiger partial charge >= 0.3 is 0 Å². The molecule has 0 aromatic carbocycles. The normalized spacial score (nSPS) is 34.1. The molecule has 0 bridgehead atoms. The van der Waals surface area contributed by atoms with Gasteiger partial charge in [0.2, 0.25) is 0 Å². The Balaban J connectivity index is 2.05. The van der Waals surface area contributed by atoms with Gasteiger partial charge in [-0.2, -0.15) is 11.8 Å². The van der Waals surface area contributed by atoms with Crippen LogP contribution in [0.25, 0.3) is 0 Å². The van der Waals surface area contributed by atoms with Gasteiger partial charge in [-0.25, -0.2) is 0 Å². The van der Waals surface area contributed by atoms with Crippen molar-refractivity contribution in [1.82, 2.24) is 4.90 Å². The number of nitrogens with two attached hydrogens (primary N) is 1. The third kappa shape index (κ3) is 2.63. The topological polar surface area (TPSA) is 47.7 Å². The van der Waals surface area contributed by atoms with Gasteiger partial charge in [0.25, 0.3) is 0 Å². The van der Waals surface area contributed by atoms with E-state index in [2.05, 4.69) is 4.90 Å². The third-order valence-electron chi connectivity index (χ3n) is 4.30. The minimum atomic E-state index is 0.190. The van der Waals surface area contributed by atoms with Crippen LogP contribution in [0.15, 0.2) is 0 Å². The smallest absolute Gasteiger partial charge is 0.0972 e. The molecule has 2 saturated heterocycles. The molecular weight excluding hydrogens is 236 g/mol. The standard InChI is InChI=1S/C12H24N2O2S/c1-15-10-7-14(8-11(10)16-2)12(9-13)3-5-17-6-4-12/h10-11H,3-9,13H2,1-2H3. The number of rotatable bonds is 4. The molecule has 5 heteroatoms. The molecule has 2 unspecified atom stereocenters. The van der Waals surface area contributed by atoms with Crippen molar-refractivity contribution in [2.75, 3.05) is 45.4 Å².